The molecule has 3 heteroatoms. The molecule has 1 fully saturated rings. The van der Waals surface area contributed by atoms with Gasteiger partial charge >= 0.3 is 0 Å². The Morgan fingerprint density at radius 2 is 2.50 bits per heavy atom. The van der Waals surface area contributed by atoms with Crippen molar-refractivity contribution in [2.45, 2.75) is 25.3 Å². The molecule has 0 aromatic rings. The van der Waals surface area contributed by atoms with E-state index in [1.54, 1.807) is 0 Å². The van der Waals surface area contributed by atoms with E-state index in [9.17, 15) is 0 Å². The molecule has 0 spiro atoms. The Hall–Kier alpha value is 0.270. The Morgan fingerprint density at radius 1 is 1.67 bits per heavy atom. The smallest absolute Gasteiger partial charge is 0.0509 e. The van der Waals surface area contributed by atoms with Crippen molar-refractivity contribution in [1.29, 1.82) is 0 Å². The van der Waals surface area contributed by atoms with Crippen LogP contribution < -0.4 is 5.73 Å². The molecule has 2 atom stereocenters. The van der Waals surface area contributed by atoms with Crippen molar-refractivity contribution in [3.8, 4) is 0 Å². The van der Waals surface area contributed by atoms with Crippen molar-refractivity contribution >= 4 is 11.8 Å². The minimum Gasteiger partial charge on any atom is -0.381 e. The zero-order valence-electron chi connectivity index (χ0n) is 7.79. The summed E-state index contributed by atoms with van der Waals surface area (Å²) in [7, 11) is 0. The van der Waals surface area contributed by atoms with Crippen molar-refractivity contribution in [2.75, 3.05) is 25.2 Å². The van der Waals surface area contributed by atoms with Gasteiger partial charge in [-0.25, -0.2) is 0 Å². The van der Waals surface area contributed by atoms with Crippen molar-refractivity contribution in [1.82, 2.24) is 0 Å². The summed E-state index contributed by atoms with van der Waals surface area (Å²) in [5, 5.41) is 0. The zero-order valence-corrected chi connectivity index (χ0v) is 8.61. The van der Waals surface area contributed by atoms with Gasteiger partial charge in [0.25, 0.3) is 0 Å². The van der Waals surface area contributed by atoms with E-state index in [4.69, 9.17) is 10.5 Å². The number of rotatable bonds is 4. The molecule has 0 aromatic heterocycles. The lowest BCUT2D eigenvalue weighted by molar-refractivity contribution is 0.0446. The third-order valence-electron chi connectivity index (χ3n) is 2.46. The Morgan fingerprint density at radius 3 is 3.08 bits per heavy atom. The van der Waals surface area contributed by atoms with E-state index < -0.39 is 0 Å². The second kappa shape index (κ2) is 5.84. The van der Waals surface area contributed by atoms with Crippen LogP contribution in [0.25, 0.3) is 0 Å². The fraction of sp³-hybridized carbons (Fsp3) is 1.00. The van der Waals surface area contributed by atoms with Crippen molar-refractivity contribution in [2.24, 2.45) is 11.7 Å². The molecule has 2 nitrogen and oxygen atoms in total. The quantitative estimate of drug-likeness (QED) is 0.728. The highest BCUT2D eigenvalue weighted by atomic mass is 32.2. The summed E-state index contributed by atoms with van der Waals surface area (Å²) in [6.07, 6.45) is 5.71. The van der Waals surface area contributed by atoms with Gasteiger partial charge in [0.05, 0.1) is 6.61 Å². The van der Waals surface area contributed by atoms with Gasteiger partial charge in [-0.15, -0.1) is 0 Å². The van der Waals surface area contributed by atoms with Crippen LogP contribution in [0.2, 0.25) is 0 Å². The molecular formula is C9H19NOS. The summed E-state index contributed by atoms with van der Waals surface area (Å²) in [5.41, 5.74) is 6.04. The first-order valence-electron chi connectivity index (χ1n) is 4.67. The maximum absolute atomic E-state index is 6.04. The lowest BCUT2D eigenvalue weighted by Crippen LogP contribution is -2.36. The number of nitrogens with two attached hydrogens (primary N) is 1. The Kier molecular flexibility index (Phi) is 5.04. The predicted molar refractivity (Wildman–Crippen MR) is 54.5 cm³/mol. The standard InChI is InChI=1S/C9H19NOS/c1-12-6-4-9(10)8-3-2-5-11-7-8/h8-9H,2-7,10H2,1H3. The van der Waals surface area contributed by atoms with Crippen LogP contribution in [-0.4, -0.2) is 31.3 Å². The molecule has 1 aliphatic rings. The van der Waals surface area contributed by atoms with Gasteiger partial charge < -0.3 is 10.5 Å². The summed E-state index contributed by atoms with van der Waals surface area (Å²) in [4.78, 5) is 0. The minimum atomic E-state index is 0.359. The van der Waals surface area contributed by atoms with Crippen LogP contribution in [0.15, 0.2) is 0 Å². The molecule has 0 radical (unpaired) electrons. The Balaban J connectivity index is 2.15. The fourth-order valence-corrected chi connectivity index (χ4v) is 2.10. The van der Waals surface area contributed by atoms with Gasteiger partial charge in [-0.2, -0.15) is 11.8 Å². The first-order chi connectivity index (χ1) is 5.84. The average molecular weight is 189 g/mol. The molecule has 12 heavy (non-hydrogen) atoms. The van der Waals surface area contributed by atoms with Crippen molar-refractivity contribution in [3.05, 3.63) is 0 Å². The molecule has 0 aromatic carbocycles. The van der Waals surface area contributed by atoms with Crippen LogP contribution in [0.4, 0.5) is 0 Å². The van der Waals surface area contributed by atoms with E-state index in [-0.39, 0.29) is 0 Å². The van der Waals surface area contributed by atoms with Crippen LogP contribution in [0.3, 0.4) is 0 Å². The van der Waals surface area contributed by atoms with Gasteiger partial charge in [-0.05, 0) is 37.2 Å². The third kappa shape index (κ3) is 3.33. The highest BCUT2D eigenvalue weighted by Crippen LogP contribution is 2.18. The summed E-state index contributed by atoms with van der Waals surface area (Å²) in [6.45, 7) is 1.82. The SMILES string of the molecule is CSCCC(N)C1CCCOC1. The molecular weight excluding hydrogens is 170 g/mol. The number of ether oxygens (including phenoxy) is 1. The average Bonchev–Trinajstić information content (AvgIpc) is 2.15. The zero-order chi connectivity index (χ0) is 8.81. The van der Waals surface area contributed by atoms with Crippen LogP contribution >= 0.6 is 11.8 Å². The van der Waals surface area contributed by atoms with E-state index in [1.807, 2.05) is 11.8 Å². The largest absolute Gasteiger partial charge is 0.381 e. The summed E-state index contributed by atoms with van der Waals surface area (Å²) in [5.74, 6) is 1.79. The molecule has 0 aliphatic carbocycles. The predicted octanol–water partition coefficient (Wildman–Crippen LogP) is 1.49. The van der Waals surface area contributed by atoms with Crippen LogP contribution in [-0.2, 0) is 4.74 Å². The van der Waals surface area contributed by atoms with Crippen LogP contribution in [0.1, 0.15) is 19.3 Å². The molecule has 0 amide bonds. The van der Waals surface area contributed by atoms with E-state index in [0.717, 1.165) is 19.6 Å². The normalized spacial score (nSPS) is 27.0. The minimum absolute atomic E-state index is 0.359. The lowest BCUT2D eigenvalue weighted by Gasteiger charge is -2.27. The van der Waals surface area contributed by atoms with E-state index in [0.29, 0.717) is 12.0 Å². The van der Waals surface area contributed by atoms with Gasteiger partial charge in [0, 0.05) is 12.6 Å². The first kappa shape index (κ1) is 10.4. The van der Waals surface area contributed by atoms with Gasteiger partial charge in [-0.3, -0.25) is 0 Å². The molecule has 1 aliphatic heterocycles. The van der Waals surface area contributed by atoms with E-state index >= 15 is 0 Å². The van der Waals surface area contributed by atoms with Gasteiger partial charge in [0.15, 0.2) is 0 Å². The number of hydrogen-bond acceptors (Lipinski definition) is 3. The Bertz CT molecular complexity index is 115. The lowest BCUT2D eigenvalue weighted by atomic mass is 9.93. The number of thioether (sulfide) groups is 1. The maximum atomic E-state index is 6.04. The molecule has 2 N–H and O–H groups in total. The molecule has 0 saturated carbocycles. The van der Waals surface area contributed by atoms with Gasteiger partial charge in [0.2, 0.25) is 0 Å². The molecule has 2 unspecified atom stereocenters. The van der Waals surface area contributed by atoms with Crippen LogP contribution in [0.5, 0.6) is 0 Å². The third-order valence-corrected chi connectivity index (χ3v) is 3.10. The highest BCUT2D eigenvalue weighted by Gasteiger charge is 2.20. The summed E-state index contributed by atoms with van der Waals surface area (Å²) < 4.78 is 5.40. The molecule has 1 saturated heterocycles. The topological polar surface area (TPSA) is 35.2 Å². The van der Waals surface area contributed by atoms with Crippen LogP contribution in [0, 0.1) is 5.92 Å². The molecule has 1 heterocycles. The molecule has 1 rings (SSSR count). The Labute approximate surface area is 79.2 Å². The second-order valence-electron chi connectivity index (χ2n) is 3.42. The van der Waals surface area contributed by atoms with Crippen molar-refractivity contribution in [3.63, 3.8) is 0 Å². The maximum Gasteiger partial charge on any atom is 0.0509 e. The van der Waals surface area contributed by atoms with Gasteiger partial charge in [-0.1, -0.05) is 0 Å². The van der Waals surface area contributed by atoms with Crippen molar-refractivity contribution < 1.29 is 4.74 Å². The monoisotopic (exact) mass is 189 g/mol. The number of hydrogen-bond donors (Lipinski definition) is 1. The fourth-order valence-electron chi connectivity index (χ4n) is 1.59. The van der Waals surface area contributed by atoms with Gasteiger partial charge in [0.1, 0.15) is 0 Å². The van der Waals surface area contributed by atoms with E-state index in [2.05, 4.69) is 6.26 Å². The molecule has 72 valence electrons. The second-order valence-corrected chi connectivity index (χ2v) is 4.41. The summed E-state index contributed by atoms with van der Waals surface area (Å²) >= 11 is 1.87. The molecule has 0 bridgehead atoms. The summed E-state index contributed by atoms with van der Waals surface area (Å²) in [6, 6.07) is 0.359. The van der Waals surface area contributed by atoms with E-state index in [1.165, 1.54) is 18.6 Å². The highest BCUT2D eigenvalue weighted by molar-refractivity contribution is 7.98. The first-order valence-corrected chi connectivity index (χ1v) is 6.06.